The van der Waals surface area contributed by atoms with Crippen LogP contribution in [0, 0.1) is 18.3 Å². The van der Waals surface area contributed by atoms with Crippen molar-refractivity contribution < 1.29 is 23.1 Å². The van der Waals surface area contributed by atoms with Crippen molar-refractivity contribution in [2.24, 2.45) is 7.05 Å². The third-order valence-electron chi connectivity index (χ3n) is 4.98. The highest BCUT2D eigenvalue weighted by Gasteiger charge is 2.43. The van der Waals surface area contributed by atoms with Crippen molar-refractivity contribution in [3.05, 3.63) is 53.9 Å². The summed E-state index contributed by atoms with van der Waals surface area (Å²) in [6, 6.07) is 6.93. The highest BCUT2D eigenvalue weighted by molar-refractivity contribution is 7.89. The second kappa shape index (κ2) is 7.60. The summed E-state index contributed by atoms with van der Waals surface area (Å²) in [6.45, 7) is 6.53. The summed E-state index contributed by atoms with van der Waals surface area (Å²) in [5, 5.41) is 22.0. The maximum absolute atomic E-state index is 13.0. The SMILES string of the molecule is C=CC(O)C1(C)COc2c(cn(C)c2C(=O)Nc2ccc(C)c(C#N)c2)S(=O)(=O)N1. The molecule has 1 aliphatic heterocycles. The van der Waals surface area contributed by atoms with Gasteiger partial charge in [-0.25, -0.2) is 8.42 Å². The van der Waals surface area contributed by atoms with E-state index in [4.69, 9.17) is 4.74 Å². The predicted molar refractivity (Wildman–Crippen MR) is 110 cm³/mol. The van der Waals surface area contributed by atoms with Crippen molar-refractivity contribution in [2.45, 2.75) is 30.4 Å². The number of nitrogens with one attached hydrogen (secondary N) is 2. The highest BCUT2D eigenvalue weighted by Crippen LogP contribution is 2.35. The minimum atomic E-state index is -4.09. The molecule has 2 unspecified atom stereocenters. The van der Waals surface area contributed by atoms with Crippen molar-refractivity contribution in [1.82, 2.24) is 9.29 Å². The van der Waals surface area contributed by atoms with Gasteiger partial charge in [-0.1, -0.05) is 12.1 Å². The summed E-state index contributed by atoms with van der Waals surface area (Å²) >= 11 is 0. The third-order valence-corrected chi connectivity index (χ3v) is 6.59. The average Bonchev–Trinajstić information content (AvgIpc) is 2.99. The van der Waals surface area contributed by atoms with E-state index in [2.05, 4.69) is 16.6 Å². The average molecular weight is 430 g/mol. The van der Waals surface area contributed by atoms with Crippen molar-refractivity contribution >= 4 is 21.6 Å². The maximum Gasteiger partial charge on any atom is 0.276 e. The number of amides is 1. The highest BCUT2D eigenvalue weighted by atomic mass is 32.2. The Labute approximate surface area is 174 Å². The van der Waals surface area contributed by atoms with Gasteiger partial charge in [0.2, 0.25) is 10.0 Å². The number of carbonyl (C=O) groups is 1. The van der Waals surface area contributed by atoms with Crippen LogP contribution in [0.15, 0.2) is 41.9 Å². The second-order valence-corrected chi connectivity index (χ2v) is 9.02. The van der Waals surface area contributed by atoms with Gasteiger partial charge in [-0.3, -0.25) is 4.79 Å². The van der Waals surface area contributed by atoms with Crippen molar-refractivity contribution in [2.75, 3.05) is 11.9 Å². The van der Waals surface area contributed by atoms with Gasteiger partial charge in [-0.2, -0.15) is 9.98 Å². The lowest BCUT2D eigenvalue weighted by molar-refractivity contribution is 0.0843. The number of aromatic nitrogens is 1. The fraction of sp³-hybridized carbons (Fsp3) is 0.300. The molecule has 9 nitrogen and oxygen atoms in total. The van der Waals surface area contributed by atoms with E-state index in [0.29, 0.717) is 11.3 Å². The molecule has 0 spiro atoms. The van der Waals surface area contributed by atoms with Gasteiger partial charge in [-0.05, 0) is 31.5 Å². The van der Waals surface area contributed by atoms with Crippen LogP contribution in [-0.2, 0) is 17.1 Å². The fourth-order valence-electron chi connectivity index (χ4n) is 3.20. The molecule has 2 heterocycles. The van der Waals surface area contributed by atoms with Crippen LogP contribution in [0.4, 0.5) is 5.69 Å². The van der Waals surface area contributed by atoms with Gasteiger partial charge in [0.05, 0.1) is 23.3 Å². The summed E-state index contributed by atoms with van der Waals surface area (Å²) in [7, 11) is -2.57. The Morgan fingerprint density at radius 3 is 2.87 bits per heavy atom. The number of nitrogens with zero attached hydrogens (tertiary/aromatic N) is 2. The largest absolute Gasteiger partial charge is 0.488 e. The lowest BCUT2D eigenvalue weighted by atomic mass is 9.97. The molecule has 1 amide bonds. The molecule has 2 atom stereocenters. The molecule has 1 aromatic carbocycles. The molecule has 1 aromatic heterocycles. The zero-order valence-electron chi connectivity index (χ0n) is 16.8. The molecule has 0 bridgehead atoms. The first-order valence-corrected chi connectivity index (χ1v) is 10.5. The molecule has 0 radical (unpaired) electrons. The Balaban J connectivity index is 2.01. The minimum Gasteiger partial charge on any atom is -0.488 e. The molecule has 0 saturated heterocycles. The summed E-state index contributed by atoms with van der Waals surface area (Å²) in [5.41, 5.74) is 0.197. The number of hydrogen-bond acceptors (Lipinski definition) is 6. The molecule has 3 N–H and O–H groups in total. The number of carbonyl (C=O) groups excluding carboxylic acids is 1. The summed E-state index contributed by atoms with van der Waals surface area (Å²) in [5.74, 6) is -0.718. The molecule has 158 valence electrons. The normalized spacial score (nSPS) is 20.8. The van der Waals surface area contributed by atoms with E-state index in [9.17, 15) is 23.6 Å². The minimum absolute atomic E-state index is 0.00759. The van der Waals surface area contributed by atoms with Crippen LogP contribution in [0.25, 0.3) is 0 Å². The third kappa shape index (κ3) is 3.70. The first-order chi connectivity index (χ1) is 14.0. The lowest BCUT2D eigenvalue weighted by Gasteiger charge is -2.31. The van der Waals surface area contributed by atoms with E-state index in [1.807, 2.05) is 6.07 Å². The predicted octanol–water partition coefficient (Wildman–Crippen LogP) is 1.43. The Morgan fingerprint density at radius 1 is 1.53 bits per heavy atom. The molecule has 3 rings (SSSR count). The number of aryl methyl sites for hydroxylation is 2. The monoisotopic (exact) mass is 430 g/mol. The number of aliphatic hydroxyl groups excluding tert-OH is 1. The number of benzene rings is 1. The van der Waals surface area contributed by atoms with Gasteiger partial charge in [0.25, 0.3) is 5.91 Å². The number of nitriles is 1. The first-order valence-electron chi connectivity index (χ1n) is 9.01. The Hall–Kier alpha value is -3.13. The van der Waals surface area contributed by atoms with Crippen LogP contribution < -0.4 is 14.8 Å². The van der Waals surface area contributed by atoms with Crippen LogP contribution >= 0.6 is 0 Å². The number of hydrogen-bond donors (Lipinski definition) is 3. The van der Waals surface area contributed by atoms with Gasteiger partial charge in [0.1, 0.15) is 11.5 Å². The van der Waals surface area contributed by atoms with E-state index < -0.39 is 27.6 Å². The summed E-state index contributed by atoms with van der Waals surface area (Å²) < 4.78 is 35.3. The van der Waals surface area contributed by atoms with E-state index in [1.54, 1.807) is 19.1 Å². The molecular formula is C20H22N4O5S. The number of aliphatic hydroxyl groups is 1. The Bertz CT molecular complexity index is 1180. The lowest BCUT2D eigenvalue weighted by Crippen LogP contribution is -2.56. The summed E-state index contributed by atoms with van der Waals surface area (Å²) in [6.07, 6.45) is 1.27. The van der Waals surface area contributed by atoms with E-state index in [0.717, 1.165) is 5.56 Å². The molecule has 2 aromatic rings. The molecule has 30 heavy (non-hydrogen) atoms. The van der Waals surface area contributed by atoms with Gasteiger partial charge >= 0.3 is 0 Å². The number of fused-ring (bicyclic) bond motifs is 1. The number of ether oxygens (including phenoxy) is 1. The quantitative estimate of drug-likeness (QED) is 0.629. The Morgan fingerprint density at radius 2 is 2.23 bits per heavy atom. The zero-order chi connectivity index (χ0) is 22.3. The van der Waals surface area contributed by atoms with E-state index in [-0.39, 0.29) is 22.9 Å². The molecular weight excluding hydrogens is 408 g/mol. The first kappa shape index (κ1) is 21.6. The summed E-state index contributed by atoms with van der Waals surface area (Å²) in [4.78, 5) is 12.7. The van der Waals surface area contributed by atoms with Crippen LogP contribution in [0.5, 0.6) is 5.75 Å². The molecule has 1 aliphatic rings. The van der Waals surface area contributed by atoms with Gasteiger partial charge in [-0.15, -0.1) is 6.58 Å². The standard InChI is InChI=1S/C20H22N4O5S/c1-5-16(25)20(3)11-29-18-15(30(27,28)23-20)10-24(4)17(18)19(26)22-14-7-6-12(2)13(8-14)9-21/h5-8,10,16,23,25H,1,11H2,2-4H3,(H,22,26). The molecule has 0 saturated carbocycles. The smallest absolute Gasteiger partial charge is 0.276 e. The Kier molecular flexibility index (Phi) is 5.47. The van der Waals surface area contributed by atoms with Crippen molar-refractivity contribution in [3.63, 3.8) is 0 Å². The molecule has 0 aliphatic carbocycles. The topological polar surface area (TPSA) is 133 Å². The molecule has 0 fully saturated rings. The number of anilines is 1. The zero-order valence-corrected chi connectivity index (χ0v) is 17.6. The van der Waals surface area contributed by atoms with Crippen LogP contribution in [0.3, 0.4) is 0 Å². The second-order valence-electron chi connectivity index (χ2n) is 7.37. The van der Waals surface area contributed by atoms with E-state index >= 15 is 0 Å². The van der Waals surface area contributed by atoms with Gasteiger partial charge in [0.15, 0.2) is 11.4 Å². The van der Waals surface area contributed by atoms with Crippen molar-refractivity contribution in [1.29, 1.82) is 5.26 Å². The fourth-order valence-corrected chi connectivity index (χ4v) is 4.80. The van der Waals surface area contributed by atoms with Crippen LogP contribution in [0.1, 0.15) is 28.5 Å². The van der Waals surface area contributed by atoms with Crippen LogP contribution in [0.2, 0.25) is 0 Å². The van der Waals surface area contributed by atoms with Crippen molar-refractivity contribution in [3.8, 4) is 11.8 Å². The van der Waals surface area contributed by atoms with E-state index in [1.165, 1.54) is 36.9 Å². The number of sulfonamides is 1. The van der Waals surface area contributed by atoms with Gasteiger partial charge in [0, 0.05) is 18.9 Å². The maximum atomic E-state index is 13.0. The van der Waals surface area contributed by atoms with Crippen LogP contribution in [-0.4, -0.2) is 42.2 Å². The molecule has 10 heteroatoms. The number of rotatable bonds is 4. The van der Waals surface area contributed by atoms with Gasteiger partial charge < -0.3 is 19.7 Å².